The fraction of sp³-hybridized carbons (Fsp3) is 0.628. The molecular weight excluding hydrogens is 1460 g/mol. The highest BCUT2D eigenvalue weighted by Gasteiger charge is 2.64. The summed E-state index contributed by atoms with van der Waals surface area (Å²) >= 11 is 0. The summed E-state index contributed by atoms with van der Waals surface area (Å²) in [5.74, 6) is 13.4. The van der Waals surface area contributed by atoms with Crippen molar-refractivity contribution in [2.75, 3.05) is 14.1 Å². The van der Waals surface area contributed by atoms with Gasteiger partial charge in [-0.1, -0.05) is 175 Å². The zero-order valence-electron chi connectivity index (χ0n) is 75.1. The second-order valence-electron chi connectivity index (χ2n) is 46.1. The largest absolute Gasteiger partial charge is 0.393 e. The summed E-state index contributed by atoms with van der Waals surface area (Å²) in [5, 5.41) is 37.4. The van der Waals surface area contributed by atoms with Crippen molar-refractivity contribution in [3.8, 4) is 0 Å². The van der Waals surface area contributed by atoms with Crippen LogP contribution in [0.25, 0.3) is 38.0 Å². The van der Waals surface area contributed by atoms with Gasteiger partial charge >= 0.3 is 0 Å². The summed E-state index contributed by atoms with van der Waals surface area (Å²) < 4.78 is 0. The van der Waals surface area contributed by atoms with Gasteiger partial charge in [-0.2, -0.15) is 0 Å². The molecule has 7 heteroatoms. The number of H-pyrrole nitrogens is 1. The van der Waals surface area contributed by atoms with Crippen LogP contribution in [0.5, 0.6) is 0 Å². The zero-order valence-corrected chi connectivity index (χ0v) is 75.1. The van der Waals surface area contributed by atoms with Gasteiger partial charge in [-0.15, -0.1) is 0 Å². The number of nitrogens with zero attached hydrogens (tertiary/aromatic N) is 3. The summed E-state index contributed by atoms with van der Waals surface area (Å²) in [6.45, 7) is 21.7. The molecule has 0 bridgehead atoms. The fourth-order valence-electron chi connectivity index (χ4n) is 34.6. The Hall–Kier alpha value is -6.22. The van der Waals surface area contributed by atoms with Crippen LogP contribution in [0.2, 0.25) is 0 Å². The molecule has 16 aliphatic carbocycles. The van der Waals surface area contributed by atoms with Gasteiger partial charge in [0.25, 0.3) is 0 Å². The molecule has 636 valence electrons. The quantitative estimate of drug-likeness (QED) is 0.129. The normalized spacial score (nSPS) is 43.3. The number of benzene rings is 5. The Balaban J connectivity index is 0.0000000991. The first-order chi connectivity index (χ1) is 57.9. The average Bonchev–Trinajstić information content (AvgIpc) is 1.50. The molecule has 12 saturated carbocycles. The van der Waals surface area contributed by atoms with Gasteiger partial charge < -0.3 is 25.2 Å². The van der Waals surface area contributed by atoms with Crippen molar-refractivity contribution in [1.29, 1.82) is 0 Å². The first-order valence-corrected chi connectivity index (χ1v) is 49.4. The van der Waals surface area contributed by atoms with Crippen LogP contribution in [0.4, 0.5) is 0 Å². The maximum absolute atomic E-state index is 10.2. The van der Waals surface area contributed by atoms with E-state index in [4.69, 9.17) is 0 Å². The number of aliphatic hydroxyl groups excluding tert-OH is 3. The molecule has 4 N–H and O–H groups in total. The number of fused-ring (bicyclic) bond motifs is 24. The van der Waals surface area contributed by atoms with Crippen LogP contribution in [0, 0.1) is 120 Å². The highest BCUT2D eigenvalue weighted by molar-refractivity contribution is 5.88. The van der Waals surface area contributed by atoms with Crippen LogP contribution >= 0.6 is 0 Å². The summed E-state index contributed by atoms with van der Waals surface area (Å²) in [6, 6.07) is 42.7. The number of allylic oxidation sites excluding steroid dienone is 5. The van der Waals surface area contributed by atoms with E-state index >= 15 is 0 Å². The van der Waals surface area contributed by atoms with Crippen LogP contribution in [0.3, 0.4) is 0 Å². The van der Waals surface area contributed by atoms with E-state index in [0.717, 1.165) is 128 Å². The van der Waals surface area contributed by atoms with Crippen LogP contribution in [0.1, 0.15) is 312 Å². The monoisotopic (exact) mass is 1610 g/mol. The smallest absolute Gasteiger partial charge is 0.0646 e. The van der Waals surface area contributed by atoms with E-state index in [9.17, 15) is 15.3 Å². The van der Waals surface area contributed by atoms with Gasteiger partial charge in [0.05, 0.1) is 24.9 Å². The van der Waals surface area contributed by atoms with E-state index in [1.165, 1.54) is 216 Å². The summed E-state index contributed by atoms with van der Waals surface area (Å²) in [5.41, 5.74) is 20.0. The molecule has 0 amide bonds. The van der Waals surface area contributed by atoms with Gasteiger partial charge in [0, 0.05) is 41.7 Å². The van der Waals surface area contributed by atoms with Gasteiger partial charge in [0.2, 0.25) is 0 Å². The number of nitrogens with one attached hydrogen (secondary N) is 1. The third-order valence-electron chi connectivity index (χ3n) is 41.4. The molecule has 7 nitrogen and oxygen atoms in total. The van der Waals surface area contributed by atoms with Crippen molar-refractivity contribution >= 4 is 44.2 Å². The lowest BCUT2D eigenvalue weighted by Gasteiger charge is -2.61. The SMILES string of the molecule is CN(C)[C@H]1CC[C@@]2(C)[C@@H](CC[C@@H]3[C@@H]2CC[C@]2(C)C(c4ccc5ccccc5c4)=CC[C@@H]32)C1.C[C@]12CC[C@H]3[C@@H](CC=C4C[C@@H](O)CC[C@@]43C)[C@@H]1CC[C@@H]2c1ccc2[nH]ccc2c1.C[C@]12CC[C@H]3[C@@H](CC=C4C[C@@H](O)CC[C@@]43C)[C@@H]1CC[C@@H]2c1ccc2c(c1)CN=C2.C[C@]12CC[C@H]3[C@@H](CC=C4C[C@@H](O)CC[C@@]43C)[C@@H]1CC[C@@H]2c1ccc2cnccc2c1. The molecule has 3 heterocycles. The molecular formula is C113H146N4O3. The number of hydrogen-bond donors (Lipinski definition) is 4. The molecule has 0 spiro atoms. The van der Waals surface area contributed by atoms with Crippen molar-refractivity contribution in [3.63, 3.8) is 0 Å². The summed E-state index contributed by atoms with van der Waals surface area (Å²) in [4.78, 5) is 14.6. The Morgan fingerprint density at radius 1 is 0.392 bits per heavy atom. The number of rotatable bonds is 5. The van der Waals surface area contributed by atoms with Crippen LogP contribution in [-0.4, -0.2) is 74.9 Å². The molecule has 0 saturated heterocycles. The number of hydrogen-bond acceptors (Lipinski definition) is 6. The number of aromatic amines is 1. The topological polar surface area (TPSA) is 105 Å². The maximum Gasteiger partial charge on any atom is 0.0646 e. The lowest BCUT2D eigenvalue weighted by molar-refractivity contribution is -0.106. The molecule has 120 heavy (non-hydrogen) atoms. The predicted octanol–water partition coefficient (Wildman–Crippen LogP) is 27.0. The molecule has 2 aromatic heterocycles. The van der Waals surface area contributed by atoms with Crippen molar-refractivity contribution in [1.82, 2.24) is 14.9 Å². The second-order valence-corrected chi connectivity index (χ2v) is 46.1. The number of pyridine rings is 1. The van der Waals surface area contributed by atoms with Crippen LogP contribution in [-0.2, 0) is 6.54 Å². The minimum atomic E-state index is -0.103. The van der Waals surface area contributed by atoms with Crippen LogP contribution in [0.15, 0.2) is 174 Å². The highest BCUT2D eigenvalue weighted by atomic mass is 16.3. The maximum atomic E-state index is 10.2. The van der Waals surface area contributed by atoms with Gasteiger partial charge in [0.15, 0.2) is 0 Å². The lowest BCUT2D eigenvalue weighted by Crippen LogP contribution is -2.54. The van der Waals surface area contributed by atoms with E-state index in [1.807, 2.05) is 18.6 Å². The zero-order chi connectivity index (χ0) is 82.2. The summed E-state index contributed by atoms with van der Waals surface area (Å²) in [6.07, 6.45) is 59.0. The molecule has 1 aliphatic heterocycles. The Bertz CT molecular complexity index is 5210. The average molecular weight is 1610 g/mol. The standard InChI is InChI=1S/C31H41N.C28H35NO.2C27H35NO/c1-30-17-15-25(32(3)4)20-24(30)11-12-26-28-14-13-27(31(28,2)18-16-29(26)30)23-10-9-21-7-5-6-8-22(21)19-23;1-27-12-9-22(30)16-21(27)5-6-23-25-8-7-24(28(25,2)13-10-26(23)27)19-3-4-20-17-29-14-11-18(20)15-19;1-26-12-9-20(29)16-19(26)4-5-21-23-7-6-22(27(23,2)13-10-24(21)26)17-3-8-25-18(15-17)11-14-28-25;1-26-11-9-21(29)14-20(26)5-6-22-24-8-7-23(27(24,2)12-10-25(22)26)17-3-4-18-15-28-16-19(18)13-17/h5-10,13,19,24-26,28-29H,11-12,14-18,20H2,1-4H3;3-5,11,14-15,17,22-26,30H,6-10,12-13,16H2,1-2H3;3-4,8,11,14-15,20-24,28-29H,5-7,9-10,12-13,16H2,1-2H3;3-5,13,15,21-25,29H,6-12,14,16H2,1-2H3/t24-,25-,26-,28-,29-,30-,31+;22-,23-,24+,25-,26-,27-,28+;20-,21-,22+,23-,24-,26-,27+;21-,22-,23+,24-,25-,26-,27+/m0000/s1. The fourth-order valence-corrected chi connectivity index (χ4v) is 34.6. The van der Waals surface area contributed by atoms with Gasteiger partial charge in [-0.25, -0.2) is 0 Å². The molecule has 0 unspecified atom stereocenters. The second kappa shape index (κ2) is 30.5. The first kappa shape index (κ1) is 80.9. The Kier molecular flexibility index (Phi) is 20.6. The first-order valence-electron chi connectivity index (χ1n) is 49.4. The summed E-state index contributed by atoms with van der Waals surface area (Å²) in [7, 11) is 4.59. The van der Waals surface area contributed by atoms with E-state index < -0.39 is 0 Å². The number of aliphatic imine (C=N–C) groups is 1. The molecule has 28 atom stereocenters. The number of aliphatic hydroxyl groups is 3. The van der Waals surface area contributed by atoms with Crippen molar-refractivity contribution in [2.24, 2.45) is 125 Å². The molecule has 0 radical (unpaired) electrons. The van der Waals surface area contributed by atoms with E-state index in [0.29, 0.717) is 61.1 Å². The van der Waals surface area contributed by atoms with E-state index in [1.54, 1.807) is 39.0 Å². The Morgan fingerprint density at radius 2 is 0.892 bits per heavy atom. The minimum absolute atomic E-state index is 0.0978. The van der Waals surface area contributed by atoms with Gasteiger partial charge in [0.1, 0.15) is 0 Å². The molecule has 17 aliphatic rings. The highest BCUT2D eigenvalue weighted by Crippen LogP contribution is 2.74. The van der Waals surface area contributed by atoms with Crippen molar-refractivity contribution in [3.05, 3.63) is 202 Å². The van der Waals surface area contributed by atoms with Gasteiger partial charge in [-0.05, 0) is 448 Å². The van der Waals surface area contributed by atoms with Crippen molar-refractivity contribution in [2.45, 2.75) is 310 Å². The Labute approximate surface area is 720 Å². The number of aromatic nitrogens is 2. The van der Waals surface area contributed by atoms with Gasteiger partial charge in [-0.3, -0.25) is 9.98 Å². The third-order valence-corrected chi connectivity index (χ3v) is 41.4. The van der Waals surface area contributed by atoms with Crippen molar-refractivity contribution < 1.29 is 15.3 Å². The molecule has 24 rings (SSSR count). The minimum Gasteiger partial charge on any atom is -0.393 e. The molecule has 12 fully saturated rings. The molecule has 5 aromatic carbocycles. The molecule has 7 aromatic rings. The van der Waals surface area contributed by atoms with Crippen LogP contribution < -0.4 is 0 Å². The Morgan fingerprint density at radius 3 is 1.48 bits per heavy atom. The third kappa shape index (κ3) is 13.1. The van der Waals surface area contributed by atoms with E-state index in [2.05, 4.69) is 229 Å². The van der Waals surface area contributed by atoms with E-state index in [-0.39, 0.29) is 18.3 Å². The predicted molar refractivity (Wildman–Crippen MR) is 496 cm³/mol. The lowest BCUT2D eigenvalue weighted by atomic mass is 9.44.